The quantitative estimate of drug-likeness (QED) is 0.660. The molecule has 16 heavy (non-hydrogen) atoms. The number of nitrogens with one attached hydrogen (secondary N) is 1. The SMILES string of the molecule is C/C(=C/C(=O)O)C(=O)Nc1ccc(I)cc1. The first-order chi connectivity index (χ1) is 7.49. The summed E-state index contributed by atoms with van der Waals surface area (Å²) in [4.78, 5) is 21.8. The lowest BCUT2D eigenvalue weighted by Gasteiger charge is -2.04. The van der Waals surface area contributed by atoms with Crippen molar-refractivity contribution in [3.05, 3.63) is 39.5 Å². The number of carbonyl (C=O) groups is 2. The van der Waals surface area contributed by atoms with Crippen LogP contribution in [0.15, 0.2) is 35.9 Å². The Hall–Kier alpha value is -1.37. The molecule has 1 amide bonds. The van der Waals surface area contributed by atoms with Crippen molar-refractivity contribution >= 4 is 40.2 Å². The highest BCUT2D eigenvalue weighted by Crippen LogP contribution is 2.12. The summed E-state index contributed by atoms with van der Waals surface area (Å²) >= 11 is 2.16. The Balaban J connectivity index is 2.71. The average Bonchev–Trinajstić information content (AvgIpc) is 2.20. The number of carbonyl (C=O) groups excluding carboxylic acids is 1. The van der Waals surface area contributed by atoms with Gasteiger partial charge in [0, 0.05) is 20.9 Å². The van der Waals surface area contributed by atoms with Crippen LogP contribution in [-0.2, 0) is 9.59 Å². The van der Waals surface area contributed by atoms with E-state index in [1.165, 1.54) is 6.92 Å². The molecule has 5 heteroatoms. The summed E-state index contributed by atoms with van der Waals surface area (Å²) in [7, 11) is 0. The fraction of sp³-hybridized carbons (Fsp3) is 0.0909. The number of halogens is 1. The predicted octanol–water partition coefficient (Wildman–Crippen LogP) is 2.26. The van der Waals surface area contributed by atoms with Crippen molar-refractivity contribution in [2.75, 3.05) is 5.32 Å². The van der Waals surface area contributed by atoms with Crippen LogP contribution in [0.25, 0.3) is 0 Å². The van der Waals surface area contributed by atoms with Gasteiger partial charge in [0.25, 0.3) is 5.91 Å². The number of hydrogen-bond acceptors (Lipinski definition) is 2. The van der Waals surface area contributed by atoms with E-state index in [1.807, 2.05) is 12.1 Å². The molecule has 1 aromatic rings. The van der Waals surface area contributed by atoms with E-state index < -0.39 is 11.9 Å². The number of carboxylic acid groups (broad SMARTS) is 1. The van der Waals surface area contributed by atoms with Crippen molar-refractivity contribution in [2.45, 2.75) is 6.92 Å². The molecule has 0 radical (unpaired) electrons. The third kappa shape index (κ3) is 4.01. The van der Waals surface area contributed by atoms with Gasteiger partial charge in [0.2, 0.25) is 0 Å². The minimum atomic E-state index is -1.13. The molecule has 1 aromatic carbocycles. The van der Waals surface area contributed by atoms with Gasteiger partial charge in [0.05, 0.1) is 0 Å². The Morgan fingerprint density at radius 1 is 1.31 bits per heavy atom. The van der Waals surface area contributed by atoms with Gasteiger partial charge in [-0.2, -0.15) is 0 Å². The van der Waals surface area contributed by atoms with Crippen molar-refractivity contribution < 1.29 is 14.7 Å². The zero-order chi connectivity index (χ0) is 12.1. The number of carboxylic acids is 1. The highest BCUT2D eigenvalue weighted by atomic mass is 127. The summed E-state index contributed by atoms with van der Waals surface area (Å²) in [5.74, 6) is -1.54. The van der Waals surface area contributed by atoms with Gasteiger partial charge in [-0.05, 0) is 53.8 Å². The van der Waals surface area contributed by atoms with Crippen LogP contribution in [0.3, 0.4) is 0 Å². The Labute approximate surface area is 106 Å². The van der Waals surface area contributed by atoms with Crippen LogP contribution >= 0.6 is 22.6 Å². The van der Waals surface area contributed by atoms with E-state index in [4.69, 9.17) is 5.11 Å². The fourth-order valence-corrected chi connectivity index (χ4v) is 1.37. The summed E-state index contributed by atoms with van der Waals surface area (Å²) in [6, 6.07) is 7.22. The monoisotopic (exact) mass is 331 g/mol. The van der Waals surface area contributed by atoms with E-state index in [9.17, 15) is 9.59 Å². The molecule has 4 nitrogen and oxygen atoms in total. The zero-order valence-electron chi connectivity index (χ0n) is 8.53. The topological polar surface area (TPSA) is 66.4 Å². The molecule has 84 valence electrons. The van der Waals surface area contributed by atoms with Crippen molar-refractivity contribution in [3.8, 4) is 0 Å². The molecule has 0 spiro atoms. The van der Waals surface area contributed by atoms with Crippen LogP contribution in [0.1, 0.15) is 6.92 Å². The highest BCUT2D eigenvalue weighted by Gasteiger charge is 2.06. The van der Waals surface area contributed by atoms with Gasteiger partial charge in [0.1, 0.15) is 0 Å². The molecule has 0 saturated carbocycles. The molecular weight excluding hydrogens is 321 g/mol. The van der Waals surface area contributed by atoms with Crippen LogP contribution in [0.4, 0.5) is 5.69 Å². The van der Waals surface area contributed by atoms with E-state index in [0.29, 0.717) is 5.69 Å². The second kappa shape index (κ2) is 5.64. The molecule has 0 atom stereocenters. The molecule has 0 aliphatic carbocycles. The maximum absolute atomic E-state index is 11.5. The van der Waals surface area contributed by atoms with Crippen LogP contribution in [0.5, 0.6) is 0 Å². The summed E-state index contributed by atoms with van der Waals surface area (Å²) in [6.45, 7) is 1.45. The van der Waals surface area contributed by atoms with E-state index in [0.717, 1.165) is 9.65 Å². The Bertz CT molecular complexity index is 437. The normalized spacial score (nSPS) is 11.0. The fourth-order valence-electron chi connectivity index (χ4n) is 1.01. The first-order valence-electron chi connectivity index (χ1n) is 4.47. The zero-order valence-corrected chi connectivity index (χ0v) is 10.7. The van der Waals surface area contributed by atoms with Crippen molar-refractivity contribution in [3.63, 3.8) is 0 Å². The molecule has 0 aromatic heterocycles. The van der Waals surface area contributed by atoms with Crippen LogP contribution < -0.4 is 5.32 Å². The summed E-state index contributed by atoms with van der Waals surface area (Å²) < 4.78 is 1.06. The number of hydrogen-bond donors (Lipinski definition) is 2. The molecule has 0 fully saturated rings. The maximum Gasteiger partial charge on any atom is 0.328 e. The first-order valence-corrected chi connectivity index (χ1v) is 5.55. The number of aliphatic carboxylic acids is 1. The molecule has 0 saturated heterocycles. The number of anilines is 1. The largest absolute Gasteiger partial charge is 0.478 e. The molecule has 0 aliphatic rings. The molecule has 1 rings (SSSR count). The third-order valence-corrected chi connectivity index (χ3v) is 2.52. The van der Waals surface area contributed by atoms with Gasteiger partial charge in [-0.15, -0.1) is 0 Å². The Morgan fingerprint density at radius 2 is 1.88 bits per heavy atom. The second-order valence-corrected chi connectivity index (χ2v) is 4.37. The van der Waals surface area contributed by atoms with Gasteiger partial charge < -0.3 is 10.4 Å². The lowest BCUT2D eigenvalue weighted by Crippen LogP contribution is -2.13. The standard InChI is InChI=1S/C11H10INO3/c1-7(6-10(14)15)11(16)13-9-4-2-8(12)3-5-9/h2-6H,1H3,(H,13,16)(H,14,15)/b7-6-. The number of benzene rings is 1. The summed E-state index contributed by atoms with van der Waals surface area (Å²) in [5, 5.41) is 11.1. The molecule has 2 N–H and O–H groups in total. The van der Waals surface area contributed by atoms with Gasteiger partial charge >= 0.3 is 5.97 Å². The minimum absolute atomic E-state index is 0.158. The lowest BCUT2D eigenvalue weighted by molar-refractivity contribution is -0.131. The number of amides is 1. The van der Waals surface area contributed by atoms with Gasteiger partial charge in [0.15, 0.2) is 0 Å². The minimum Gasteiger partial charge on any atom is -0.478 e. The molecule has 0 aliphatic heterocycles. The number of rotatable bonds is 3. The van der Waals surface area contributed by atoms with Crippen LogP contribution in [0, 0.1) is 3.57 Å². The van der Waals surface area contributed by atoms with E-state index in [-0.39, 0.29) is 5.57 Å². The van der Waals surface area contributed by atoms with E-state index in [2.05, 4.69) is 27.9 Å². The smallest absolute Gasteiger partial charge is 0.328 e. The summed E-state index contributed by atoms with van der Waals surface area (Å²) in [6.07, 6.45) is 0.877. The van der Waals surface area contributed by atoms with Crippen LogP contribution in [-0.4, -0.2) is 17.0 Å². The third-order valence-electron chi connectivity index (χ3n) is 1.80. The molecular formula is C11H10INO3. The van der Waals surface area contributed by atoms with Gasteiger partial charge in [-0.3, -0.25) is 4.79 Å². The summed E-state index contributed by atoms with van der Waals surface area (Å²) in [5.41, 5.74) is 0.801. The van der Waals surface area contributed by atoms with Crippen molar-refractivity contribution in [1.29, 1.82) is 0 Å². The van der Waals surface area contributed by atoms with Crippen LogP contribution in [0.2, 0.25) is 0 Å². The molecule has 0 unspecified atom stereocenters. The van der Waals surface area contributed by atoms with Gasteiger partial charge in [-0.1, -0.05) is 0 Å². The molecule has 0 heterocycles. The van der Waals surface area contributed by atoms with Gasteiger partial charge in [-0.25, -0.2) is 4.79 Å². The second-order valence-electron chi connectivity index (χ2n) is 3.13. The maximum atomic E-state index is 11.5. The highest BCUT2D eigenvalue weighted by molar-refractivity contribution is 14.1. The first kappa shape index (κ1) is 12.7. The van der Waals surface area contributed by atoms with E-state index in [1.54, 1.807) is 12.1 Å². The molecule has 0 bridgehead atoms. The predicted molar refractivity (Wildman–Crippen MR) is 69.2 cm³/mol. The van der Waals surface area contributed by atoms with E-state index >= 15 is 0 Å². The lowest BCUT2D eigenvalue weighted by atomic mass is 10.2. The average molecular weight is 331 g/mol. The Kier molecular flexibility index (Phi) is 4.48. The van der Waals surface area contributed by atoms with Crippen molar-refractivity contribution in [1.82, 2.24) is 0 Å². The Morgan fingerprint density at radius 3 is 2.38 bits per heavy atom. The van der Waals surface area contributed by atoms with Crippen molar-refractivity contribution in [2.24, 2.45) is 0 Å².